The number of carboxylic acid groups (broad SMARTS) is 1. The van der Waals surface area contributed by atoms with Gasteiger partial charge in [0.25, 0.3) is 0 Å². The first-order chi connectivity index (χ1) is 17.8. The van der Waals surface area contributed by atoms with E-state index in [-0.39, 0.29) is 12.6 Å². The van der Waals surface area contributed by atoms with Crippen LogP contribution in [0.3, 0.4) is 0 Å². The van der Waals surface area contributed by atoms with E-state index in [1.165, 1.54) is 29.3 Å². The number of benzene rings is 3. The van der Waals surface area contributed by atoms with Crippen LogP contribution in [0.2, 0.25) is 5.02 Å². The maximum atomic E-state index is 14.6. The van der Waals surface area contributed by atoms with Gasteiger partial charge in [-0.1, -0.05) is 36.7 Å². The van der Waals surface area contributed by atoms with Gasteiger partial charge < -0.3 is 20.5 Å². The second-order valence-corrected chi connectivity index (χ2v) is 8.21. The van der Waals surface area contributed by atoms with Gasteiger partial charge in [0.2, 0.25) is 0 Å². The van der Waals surface area contributed by atoms with Crippen molar-refractivity contribution in [2.45, 2.75) is 32.7 Å². The van der Waals surface area contributed by atoms with Crippen molar-refractivity contribution < 1.29 is 33.0 Å². The van der Waals surface area contributed by atoms with Gasteiger partial charge in [-0.05, 0) is 61.3 Å². The molecular formula is C27H27ClF2N2O5. The number of nitrogens with one attached hydrogen (secondary N) is 2. The first-order valence-electron chi connectivity index (χ1n) is 11.5. The lowest BCUT2D eigenvalue weighted by Crippen LogP contribution is -2.16. The zero-order valence-corrected chi connectivity index (χ0v) is 20.9. The fourth-order valence-corrected chi connectivity index (χ4v) is 3.76. The molecular weight excluding hydrogens is 506 g/mol. The summed E-state index contributed by atoms with van der Waals surface area (Å²) < 4.78 is 33.4. The quantitative estimate of drug-likeness (QED) is 0.379. The molecule has 0 saturated heterocycles. The van der Waals surface area contributed by atoms with Crippen LogP contribution in [0.4, 0.5) is 14.5 Å². The first kappa shape index (κ1) is 29.5. The molecule has 4 rings (SSSR count). The summed E-state index contributed by atoms with van der Waals surface area (Å²) in [4.78, 5) is 25.6. The fraction of sp³-hybridized carbons (Fsp3) is 0.259. The molecule has 0 bridgehead atoms. The molecule has 0 fully saturated rings. The Hall–Kier alpha value is -3.78. The fourth-order valence-electron chi connectivity index (χ4n) is 3.52. The normalized spacial score (nSPS) is 11.8. The zero-order valence-electron chi connectivity index (χ0n) is 20.2. The molecule has 0 amide bonds. The van der Waals surface area contributed by atoms with Crippen LogP contribution in [0.1, 0.15) is 30.0 Å². The van der Waals surface area contributed by atoms with Crippen molar-refractivity contribution in [2.75, 3.05) is 18.4 Å². The number of hydrogen-bond donors (Lipinski definition) is 3. The third kappa shape index (κ3) is 9.65. The highest BCUT2D eigenvalue weighted by atomic mass is 35.5. The van der Waals surface area contributed by atoms with E-state index in [9.17, 15) is 13.6 Å². The predicted molar refractivity (Wildman–Crippen MR) is 135 cm³/mol. The van der Waals surface area contributed by atoms with E-state index in [2.05, 4.69) is 16.7 Å². The number of aliphatic carboxylic acids is 1. The average Bonchev–Trinajstić information content (AvgIpc) is 3.11. The molecule has 3 N–H and O–H groups in total. The third-order valence-electron chi connectivity index (χ3n) is 5.30. The minimum absolute atomic E-state index is 0.222. The summed E-state index contributed by atoms with van der Waals surface area (Å²) in [6.07, 6.45) is 2.29. The molecule has 1 aliphatic heterocycles. The molecule has 1 heterocycles. The monoisotopic (exact) mass is 532 g/mol. The van der Waals surface area contributed by atoms with Crippen molar-refractivity contribution in [1.29, 1.82) is 0 Å². The molecule has 196 valence electrons. The molecule has 1 aliphatic rings. The molecule has 0 unspecified atom stereocenters. The van der Waals surface area contributed by atoms with Crippen LogP contribution < -0.4 is 15.4 Å². The van der Waals surface area contributed by atoms with Gasteiger partial charge in [-0.2, -0.15) is 9.59 Å². The number of carbonyl (C=O) groups is 1. The first-order valence-corrected chi connectivity index (χ1v) is 11.8. The van der Waals surface area contributed by atoms with E-state index in [4.69, 9.17) is 31.0 Å². The minimum atomic E-state index is -0.745. The summed E-state index contributed by atoms with van der Waals surface area (Å²) in [6, 6.07) is 14.3. The smallest absolute Gasteiger partial charge is 0.373 e. The Morgan fingerprint density at radius 1 is 1.08 bits per heavy atom. The van der Waals surface area contributed by atoms with Gasteiger partial charge in [0.1, 0.15) is 23.1 Å². The van der Waals surface area contributed by atoms with Gasteiger partial charge in [0, 0.05) is 30.7 Å². The number of carbonyl (C=O) groups excluding carboxylic acids is 2. The molecule has 0 atom stereocenters. The Morgan fingerprint density at radius 2 is 1.76 bits per heavy atom. The Morgan fingerprint density at radius 3 is 2.41 bits per heavy atom. The maximum absolute atomic E-state index is 14.6. The summed E-state index contributed by atoms with van der Waals surface area (Å²) in [7, 11) is 0. The Bertz CT molecular complexity index is 1230. The number of hydrogen-bond acceptors (Lipinski definition) is 6. The van der Waals surface area contributed by atoms with Crippen molar-refractivity contribution >= 4 is 29.4 Å². The summed E-state index contributed by atoms with van der Waals surface area (Å²) >= 11 is 6.42. The molecule has 0 aromatic heterocycles. The molecule has 0 spiro atoms. The number of rotatable bonds is 6. The summed E-state index contributed by atoms with van der Waals surface area (Å²) in [5.74, 6) is -0.911. The SMILES string of the molecule is CCC(=O)O.Fc1cccc(Oc2ccc(CNc3c(Cl)ccc4c3CCNCC4)c(F)c2)c1.O=C=O. The lowest BCUT2D eigenvalue weighted by molar-refractivity contribution is -0.191. The van der Waals surface area contributed by atoms with E-state index in [0.717, 1.165) is 31.6 Å². The molecule has 0 radical (unpaired) electrons. The summed E-state index contributed by atoms with van der Waals surface area (Å²) in [5, 5.41) is 15.1. The number of halogens is 3. The van der Waals surface area contributed by atoms with Gasteiger partial charge in [-0.15, -0.1) is 0 Å². The molecule has 0 aliphatic carbocycles. The second-order valence-electron chi connectivity index (χ2n) is 7.81. The van der Waals surface area contributed by atoms with E-state index < -0.39 is 17.6 Å². The second kappa shape index (κ2) is 15.4. The van der Waals surface area contributed by atoms with Crippen LogP contribution in [0.25, 0.3) is 0 Å². The van der Waals surface area contributed by atoms with Gasteiger partial charge >= 0.3 is 12.1 Å². The number of fused-ring (bicyclic) bond motifs is 1. The van der Waals surface area contributed by atoms with Crippen molar-refractivity contribution in [3.63, 3.8) is 0 Å². The lowest BCUT2D eigenvalue weighted by Gasteiger charge is -2.17. The highest BCUT2D eigenvalue weighted by molar-refractivity contribution is 6.33. The van der Waals surface area contributed by atoms with Crippen LogP contribution in [0, 0.1) is 11.6 Å². The van der Waals surface area contributed by atoms with Crippen LogP contribution in [0.5, 0.6) is 11.5 Å². The number of carboxylic acids is 1. The molecule has 10 heteroatoms. The van der Waals surface area contributed by atoms with E-state index in [1.54, 1.807) is 31.2 Å². The number of ether oxygens (including phenoxy) is 1. The van der Waals surface area contributed by atoms with Crippen LogP contribution >= 0.6 is 11.6 Å². The lowest BCUT2D eigenvalue weighted by atomic mass is 10.0. The molecule has 0 saturated carbocycles. The van der Waals surface area contributed by atoms with E-state index >= 15 is 0 Å². The minimum Gasteiger partial charge on any atom is -0.481 e. The Labute approximate surface area is 218 Å². The van der Waals surface area contributed by atoms with Crippen molar-refractivity contribution in [1.82, 2.24) is 5.32 Å². The average molecular weight is 533 g/mol. The molecule has 3 aromatic rings. The predicted octanol–water partition coefficient (Wildman–Crippen LogP) is 5.61. The van der Waals surface area contributed by atoms with Crippen LogP contribution in [-0.2, 0) is 33.8 Å². The van der Waals surface area contributed by atoms with Gasteiger partial charge in [-0.25, -0.2) is 8.78 Å². The van der Waals surface area contributed by atoms with Crippen molar-refractivity contribution in [2.24, 2.45) is 0 Å². The maximum Gasteiger partial charge on any atom is 0.373 e. The summed E-state index contributed by atoms with van der Waals surface area (Å²) in [6.45, 7) is 3.73. The Balaban J connectivity index is 0.000000530. The van der Waals surface area contributed by atoms with E-state index in [1.807, 2.05) is 6.07 Å². The van der Waals surface area contributed by atoms with E-state index in [0.29, 0.717) is 28.6 Å². The Kier molecular flexibility index (Phi) is 12.2. The van der Waals surface area contributed by atoms with Crippen LogP contribution in [0.15, 0.2) is 54.6 Å². The standard InChI is InChI=1S/C23H21ClF2N2O.C3H6O2.CO2/c24-21-7-5-15-8-10-27-11-9-20(15)23(21)28-14-16-4-6-19(13-22(16)26)29-18-3-1-2-17(25)12-18;1-2-3(4)5;2-1-3/h1-7,12-13,27-28H,8-11,14H2;2H2,1H3,(H,4,5);. The molecule has 3 aromatic carbocycles. The highest BCUT2D eigenvalue weighted by Crippen LogP contribution is 2.32. The van der Waals surface area contributed by atoms with Gasteiger partial charge in [-0.3, -0.25) is 4.79 Å². The topological polar surface area (TPSA) is 105 Å². The number of anilines is 1. The largest absolute Gasteiger partial charge is 0.481 e. The van der Waals surface area contributed by atoms with Gasteiger partial charge in [0.15, 0.2) is 0 Å². The molecule has 7 nitrogen and oxygen atoms in total. The summed E-state index contributed by atoms with van der Waals surface area (Å²) in [5.41, 5.74) is 3.82. The van der Waals surface area contributed by atoms with Crippen molar-refractivity contribution in [3.8, 4) is 11.5 Å². The molecule has 37 heavy (non-hydrogen) atoms. The van der Waals surface area contributed by atoms with Gasteiger partial charge in [0.05, 0.1) is 10.7 Å². The third-order valence-corrected chi connectivity index (χ3v) is 5.61. The zero-order chi connectivity index (χ0) is 27.2. The van der Waals surface area contributed by atoms with Crippen molar-refractivity contribution in [3.05, 3.63) is 87.9 Å². The van der Waals surface area contributed by atoms with Crippen LogP contribution in [-0.4, -0.2) is 30.3 Å². The highest BCUT2D eigenvalue weighted by Gasteiger charge is 2.15.